The summed E-state index contributed by atoms with van der Waals surface area (Å²) in [6.45, 7) is 3.08. The Balaban J connectivity index is 1.66. The lowest BCUT2D eigenvalue weighted by Crippen LogP contribution is -2.40. The summed E-state index contributed by atoms with van der Waals surface area (Å²) in [6, 6.07) is 8.82. The molecule has 0 saturated carbocycles. The second-order valence-corrected chi connectivity index (χ2v) is 7.20. The maximum atomic E-state index is 12.9. The van der Waals surface area contributed by atoms with Crippen molar-refractivity contribution in [1.29, 1.82) is 0 Å². The maximum Gasteiger partial charge on any atom is 0.257 e. The fourth-order valence-corrected chi connectivity index (χ4v) is 3.55. The van der Waals surface area contributed by atoms with Gasteiger partial charge in [-0.25, -0.2) is 4.98 Å². The molecule has 10 nitrogen and oxygen atoms in total. The molecule has 0 bridgehead atoms. The fraction of sp³-hybridized carbons (Fsp3) is 0.333. The minimum Gasteiger partial charge on any atom is -0.492 e. The number of aromatic nitrogens is 3. The van der Waals surface area contributed by atoms with Crippen LogP contribution < -0.4 is 20.7 Å². The van der Waals surface area contributed by atoms with Crippen LogP contribution in [0.5, 0.6) is 5.75 Å². The SMILES string of the molecule is CCOc1ccccc1Nc1cc(NC)n2ncc(C(=O)NC3CCN(C)C3=O)c2n1. The van der Waals surface area contributed by atoms with Gasteiger partial charge in [-0.05, 0) is 25.5 Å². The second-order valence-electron chi connectivity index (χ2n) is 7.20. The van der Waals surface area contributed by atoms with Crippen molar-refractivity contribution in [2.24, 2.45) is 0 Å². The molecule has 1 fully saturated rings. The number of carbonyl (C=O) groups excluding carboxylic acids is 2. The van der Waals surface area contributed by atoms with E-state index < -0.39 is 6.04 Å². The summed E-state index contributed by atoms with van der Waals surface area (Å²) < 4.78 is 7.22. The van der Waals surface area contributed by atoms with Crippen LogP contribution in [0.25, 0.3) is 5.65 Å². The summed E-state index contributed by atoms with van der Waals surface area (Å²) >= 11 is 0. The van der Waals surface area contributed by atoms with Gasteiger partial charge in [-0.1, -0.05) is 12.1 Å². The Hall–Kier alpha value is -3.82. The highest BCUT2D eigenvalue weighted by Crippen LogP contribution is 2.28. The Morgan fingerprint density at radius 3 is 2.84 bits per heavy atom. The van der Waals surface area contributed by atoms with Crippen LogP contribution >= 0.6 is 0 Å². The first kappa shape index (κ1) is 20.5. The van der Waals surface area contributed by atoms with Gasteiger partial charge in [0, 0.05) is 26.7 Å². The number of para-hydroxylation sites is 2. The van der Waals surface area contributed by atoms with Gasteiger partial charge in [0.05, 0.1) is 18.5 Å². The number of likely N-dealkylation sites (N-methyl/N-ethyl adjacent to an activating group) is 1. The largest absolute Gasteiger partial charge is 0.492 e. The number of nitrogens with zero attached hydrogens (tertiary/aromatic N) is 4. The van der Waals surface area contributed by atoms with Gasteiger partial charge in [0.1, 0.15) is 29.0 Å². The van der Waals surface area contributed by atoms with Crippen LogP contribution in [0, 0.1) is 0 Å². The van der Waals surface area contributed by atoms with E-state index in [2.05, 4.69) is 26.0 Å². The second kappa shape index (κ2) is 8.50. The smallest absolute Gasteiger partial charge is 0.257 e. The third-order valence-corrected chi connectivity index (χ3v) is 5.16. The summed E-state index contributed by atoms with van der Waals surface area (Å²) in [6.07, 6.45) is 2.04. The number of hydrogen-bond donors (Lipinski definition) is 3. The Labute approximate surface area is 179 Å². The maximum absolute atomic E-state index is 12.9. The highest BCUT2D eigenvalue weighted by Gasteiger charge is 2.31. The Bertz CT molecular complexity index is 1130. The van der Waals surface area contributed by atoms with Crippen LogP contribution in [-0.2, 0) is 4.79 Å². The lowest BCUT2D eigenvalue weighted by atomic mass is 10.2. The molecular formula is C21H25N7O3. The average Bonchev–Trinajstić information content (AvgIpc) is 3.33. The Morgan fingerprint density at radius 1 is 1.32 bits per heavy atom. The highest BCUT2D eigenvalue weighted by atomic mass is 16.5. The number of carbonyl (C=O) groups is 2. The minimum absolute atomic E-state index is 0.0939. The van der Waals surface area contributed by atoms with Crippen LogP contribution in [0.1, 0.15) is 23.7 Å². The van der Waals surface area contributed by atoms with Gasteiger partial charge >= 0.3 is 0 Å². The van der Waals surface area contributed by atoms with Gasteiger partial charge in [0.25, 0.3) is 5.91 Å². The molecule has 1 unspecified atom stereocenters. The number of ether oxygens (including phenoxy) is 1. The van der Waals surface area contributed by atoms with E-state index in [0.717, 1.165) is 5.69 Å². The summed E-state index contributed by atoms with van der Waals surface area (Å²) in [4.78, 5) is 31.3. The molecule has 31 heavy (non-hydrogen) atoms. The molecule has 3 aromatic rings. The van der Waals surface area contributed by atoms with E-state index >= 15 is 0 Å². The predicted octanol–water partition coefficient (Wildman–Crippen LogP) is 1.87. The average molecular weight is 423 g/mol. The normalized spacial score (nSPS) is 15.9. The molecule has 0 aliphatic carbocycles. The third-order valence-electron chi connectivity index (χ3n) is 5.16. The van der Waals surface area contributed by atoms with Crippen LogP contribution in [0.2, 0.25) is 0 Å². The van der Waals surface area contributed by atoms with Gasteiger partial charge in [0.15, 0.2) is 5.65 Å². The molecule has 4 rings (SSSR count). The topological polar surface area (TPSA) is 113 Å². The molecule has 1 atom stereocenters. The van der Waals surface area contributed by atoms with Crippen molar-refractivity contribution in [1.82, 2.24) is 24.8 Å². The standard InChI is InChI=1S/C21H25N7O3/c1-4-31-16-8-6-5-7-14(16)24-17-11-18(22-2)28-19(26-17)13(12-23-28)20(29)25-15-9-10-27(3)21(15)30/h5-8,11-12,15,22H,4,9-10H2,1-3H3,(H,24,26)(H,25,29). The van der Waals surface area contributed by atoms with Crippen molar-refractivity contribution in [3.8, 4) is 5.75 Å². The zero-order valence-corrected chi connectivity index (χ0v) is 17.7. The number of anilines is 3. The summed E-state index contributed by atoms with van der Waals surface area (Å²) in [5.74, 6) is 1.40. The molecular weight excluding hydrogens is 398 g/mol. The van der Waals surface area contributed by atoms with Crippen LogP contribution in [0.15, 0.2) is 36.5 Å². The molecule has 2 aromatic heterocycles. The van der Waals surface area contributed by atoms with E-state index in [1.54, 1.807) is 29.6 Å². The number of hydrogen-bond acceptors (Lipinski definition) is 7. The first-order valence-electron chi connectivity index (χ1n) is 10.1. The molecule has 2 amide bonds. The van der Waals surface area contributed by atoms with Crippen molar-refractivity contribution in [3.63, 3.8) is 0 Å². The fourth-order valence-electron chi connectivity index (χ4n) is 3.55. The van der Waals surface area contributed by atoms with E-state index in [9.17, 15) is 9.59 Å². The number of likely N-dealkylation sites (tertiary alicyclic amines) is 1. The summed E-state index contributed by atoms with van der Waals surface area (Å²) in [5, 5.41) is 13.4. The van der Waals surface area contributed by atoms with E-state index in [1.165, 1.54) is 6.20 Å². The zero-order valence-electron chi connectivity index (χ0n) is 17.7. The molecule has 0 spiro atoms. The van der Waals surface area contributed by atoms with Crippen molar-refractivity contribution in [2.75, 3.05) is 37.9 Å². The van der Waals surface area contributed by atoms with Crippen molar-refractivity contribution >= 4 is 34.8 Å². The molecule has 1 saturated heterocycles. The van der Waals surface area contributed by atoms with E-state index in [-0.39, 0.29) is 11.8 Å². The minimum atomic E-state index is -0.532. The van der Waals surface area contributed by atoms with Gasteiger partial charge in [-0.2, -0.15) is 9.61 Å². The van der Waals surface area contributed by atoms with Crippen LogP contribution in [0.4, 0.5) is 17.3 Å². The van der Waals surface area contributed by atoms with Crippen molar-refractivity contribution in [3.05, 3.63) is 42.1 Å². The van der Waals surface area contributed by atoms with Gasteiger partial charge < -0.3 is 25.6 Å². The van der Waals surface area contributed by atoms with E-state index in [1.807, 2.05) is 31.2 Å². The van der Waals surface area contributed by atoms with Crippen LogP contribution in [-0.4, -0.2) is 64.6 Å². The van der Waals surface area contributed by atoms with Gasteiger partial charge in [-0.15, -0.1) is 0 Å². The van der Waals surface area contributed by atoms with Gasteiger partial charge in [0.2, 0.25) is 5.91 Å². The Kier molecular flexibility index (Phi) is 5.61. The molecule has 1 aliphatic heterocycles. The number of benzene rings is 1. The van der Waals surface area contributed by atoms with Gasteiger partial charge in [-0.3, -0.25) is 9.59 Å². The number of nitrogens with one attached hydrogen (secondary N) is 3. The first-order chi connectivity index (χ1) is 15.0. The molecule has 0 radical (unpaired) electrons. The molecule has 162 valence electrons. The molecule has 3 N–H and O–H groups in total. The molecule has 10 heteroatoms. The number of amides is 2. The highest BCUT2D eigenvalue weighted by molar-refractivity contribution is 6.02. The quantitative estimate of drug-likeness (QED) is 0.532. The molecule has 1 aromatic carbocycles. The molecule has 1 aliphatic rings. The predicted molar refractivity (Wildman–Crippen MR) is 117 cm³/mol. The summed E-state index contributed by atoms with van der Waals surface area (Å²) in [5.41, 5.74) is 1.42. The molecule has 3 heterocycles. The number of rotatable bonds is 7. The summed E-state index contributed by atoms with van der Waals surface area (Å²) in [7, 11) is 3.49. The van der Waals surface area contributed by atoms with E-state index in [4.69, 9.17) is 4.74 Å². The lowest BCUT2D eigenvalue weighted by Gasteiger charge is -2.14. The number of fused-ring (bicyclic) bond motifs is 1. The van der Waals surface area contributed by atoms with E-state index in [0.29, 0.717) is 48.2 Å². The monoisotopic (exact) mass is 423 g/mol. The first-order valence-corrected chi connectivity index (χ1v) is 10.1. The van der Waals surface area contributed by atoms with Crippen molar-refractivity contribution in [2.45, 2.75) is 19.4 Å². The van der Waals surface area contributed by atoms with Crippen molar-refractivity contribution < 1.29 is 14.3 Å². The third kappa shape index (κ3) is 3.96. The zero-order chi connectivity index (χ0) is 22.0. The lowest BCUT2D eigenvalue weighted by molar-refractivity contribution is -0.128. The Morgan fingerprint density at radius 2 is 2.13 bits per heavy atom. The van der Waals surface area contributed by atoms with Crippen LogP contribution in [0.3, 0.4) is 0 Å².